The summed E-state index contributed by atoms with van der Waals surface area (Å²) in [4.78, 5) is 13.7. The topological polar surface area (TPSA) is 46.3 Å². The van der Waals surface area contributed by atoms with Gasteiger partial charge in [0.2, 0.25) is 0 Å². The van der Waals surface area contributed by atoms with Gasteiger partial charge in [0.25, 0.3) is 5.91 Å². The highest BCUT2D eigenvalue weighted by Gasteiger charge is 2.14. The third-order valence-electron chi connectivity index (χ3n) is 2.30. The van der Waals surface area contributed by atoms with Gasteiger partial charge in [-0.3, -0.25) is 4.79 Å². The van der Waals surface area contributed by atoms with Crippen LogP contribution < -0.4 is 5.73 Å². The molecular weight excluding hydrogens is 279 g/mol. The van der Waals surface area contributed by atoms with Crippen molar-refractivity contribution in [3.8, 4) is 0 Å². The summed E-state index contributed by atoms with van der Waals surface area (Å²) in [5.74, 6) is 0.779. The summed E-state index contributed by atoms with van der Waals surface area (Å²) in [5.41, 5.74) is 6.37. The van der Waals surface area contributed by atoms with Crippen LogP contribution in [-0.4, -0.2) is 36.4 Å². The number of carbonyl (C=O) groups is 1. The van der Waals surface area contributed by atoms with Crippen LogP contribution >= 0.6 is 35.0 Å². The largest absolute Gasteiger partial charge is 0.396 e. The van der Waals surface area contributed by atoms with E-state index < -0.39 is 0 Å². The molecule has 1 aromatic rings. The number of carbonyl (C=O) groups excluding carboxylic acids is 1. The number of halogens is 2. The molecule has 0 unspecified atom stereocenters. The smallest absolute Gasteiger partial charge is 0.253 e. The Balaban J connectivity index is 2.89. The van der Waals surface area contributed by atoms with Gasteiger partial charge < -0.3 is 10.6 Å². The second-order valence-electron chi connectivity index (χ2n) is 3.57. The Kier molecular flexibility index (Phi) is 5.43. The van der Waals surface area contributed by atoms with E-state index in [-0.39, 0.29) is 5.91 Å². The molecule has 3 nitrogen and oxygen atoms in total. The molecule has 0 aliphatic carbocycles. The first kappa shape index (κ1) is 14.5. The minimum absolute atomic E-state index is 0.108. The molecule has 0 aliphatic heterocycles. The van der Waals surface area contributed by atoms with Gasteiger partial charge in [-0.05, 0) is 18.4 Å². The first-order valence-corrected chi connectivity index (χ1v) is 7.11. The summed E-state index contributed by atoms with van der Waals surface area (Å²) in [6.45, 7) is 0.680. The zero-order valence-corrected chi connectivity index (χ0v) is 12.0. The lowest BCUT2D eigenvalue weighted by Gasteiger charge is -2.17. The number of amides is 1. The summed E-state index contributed by atoms with van der Waals surface area (Å²) in [6.07, 6.45) is 2.00. The summed E-state index contributed by atoms with van der Waals surface area (Å²) in [6, 6.07) is 3.08. The normalized spacial score (nSPS) is 10.4. The molecule has 0 saturated carbocycles. The fourth-order valence-electron chi connectivity index (χ4n) is 1.26. The van der Waals surface area contributed by atoms with E-state index in [0.29, 0.717) is 27.8 Å². The van der Waals surface area contributed by atoms with Crippen molar-refractivity contribution >= 4 is 46.6 Å². The molecule has 0 aromatic heterocycles. The van der Waals surface area contributed by atoms with Gasteiger partial charge in [-0.2, -0.15) is 11.8 Å². The molecule has 0 bridgehead atoms. The lowest BCUT2D eigenvalue weighted by atomic mass is 10.2. The average Bonchev–Trinajstić information content (AvgIpc) is 2.31. The molecule has 0 radical (unpaired) electrons. The third kappa shape index (κ3) is 3.69. The molecule has 0 aliphatic rings. The summed E-state index contributed by atoms with van der Waals surface area (Å²) >= 11 is 13.5. The number of anilines is 1. The van der Waals surface area contributed by atoms with Crippen LogP contribution in [0.2, 0.25) is 10.0 Å². The molecule has 0 saturated heterocycles. The number of hydrogen-bond donors (Lipinski definition) is 1. The number of thioether (sulfide) groups is 1. The maximum atomic E-state index is 12.0. The fourth-order valence-corrected chi connectivity index (χ4v) is 2.20. The van der Waals surface area contributed by atoms with Crippen molar-refractivity contribution in [1.29, 1.82) is 0 Å². The van der Waals surface area contributed by atoms with Crippen molar-refractivity contribution in [2.75, 3.05) is 31.3 Å². The van der Waals surface area contributed by atoms with Gasteiger partial charge in [-0.25, -0.2) is 0 Å². The lowest BCUT2D eigenvalue weighted by molar-refractivity contribution is 0.0804. The highest BCUT2D eigenvalue weighted by molar-refractivity contribution is 7.98. The second-order valence-corrected chi connectivity index (χ2v) is 5.37. The van der Waals surface area contributed by atoms with Gasteiger partial charge in [-0.15, -0.1) is 0 Å². The Morgan fingerprint density at radius 1 is 1.41 bits per heavy atom. The predicted molar refractivity (Wildman–Crippen MR) is 76.2 cm³/mol. The predicted octanol–water partition coefficient (Wildman–Crippen LogP) is 3.01. The molecule has 94 valence electrons. The standard InChI is InChI=1S/C11H14Cl2N2OS/c1-15(3-4-17-2)11(16)7-5-8(12)10(14)9(13)6-7/h5-6H,3-4,14H2,1-2H3. The molecule has 2 N–H and O–H groups in total. The van der Waals surface area contributed by atoms with Crippen molar-refractivity contribution in [2.24, 2.45) is 0 Å². The van der Waals surface area contributed by atoms with Crippen LogP contribution in [0.15, 0.2) is 12.1 Å². The molecule has 0 atom stereocenters. The maximum Gasteiger partial charge on any atom is 0.253 e. The van der Waals surface area contributed by atoms with Gasteiger partial charge in [0.15, 0.2) is 0 Å². The SMILES string of the molecule is CSCCN(C)C(=O)c1cc(Cl)c(N)c(Cl)c1. The minimum atomic E-state index is -0.108. The molecule has 1 aromatic carbocycles. The Morgan fingerprint density at radius 2 is 1.94 bits per heavy atom. The van der Waals surface area contributed by atoms with E-state index >= 15 is 0 Å². The van der Waals surface area contributed by atoms with E-state index in [0.717, 1.165) is 5.75 Å². The zero-order valence-electron chi connectivity index (χ0n) is 9.67. The van der Waals surface area contributed by atoms with Crippen LogP contribution in [-0.2, 0) is 0 Å². The Hall–Kier alpha value is -0.580. The lowest BCUT2D eigenvalue weighted by Crippen LogP contribution is -2.28. The van der Waals surface area contributed by atoms with Gasteiger partial charge in [0.1, 0.15) is 0 Å². The first-order valence-electron chi connectivity index (χ1n) is 4.96. The fraction of sp³-hybridized carbons (Fsp3) is 0.364. The monoisotopic (exact) mass is 292 g/mol. The van der Waals surface area contributed by atoms with E-state index in [9.17, 15) is 4.79 Å². The number of rotatable bonds is 4. The Morgan fingerprint density at radius 3 is 2.41 bits per heavy atom. The van der Waals surface area contributed by atoms with Gasteiger partial charge in [-0.1, -0.05) is 23.2 Å². The van der Waals surface area contributed by atoms with E-state index in [1.165, 1.54) is 0 Å². The van der Waals surface area contributed by atoms with E-state index in [1.54, 1.807) is 35.8 Å². The first-order chi connectivity index (χ1) is 7.97. The van der Waals surface area contributed by atoms with E-state index in [2.05, 4.69) is 0 Å². The van der Waals surface area contributed by atoms with Crippen LogP contribution in [0.25, 0.3) is 0 Å². The number of nitrogens with two attached hydrogens (primary N) is 1. The van der Waals surface area contributed by atoms with E-state index in [4.69, 9.17) is 28.9 Å². The molecule has 0 spiro atoms. The molecule has 1 amide bonds. The maximum absolute atomic E-state index is 12.0. The van der Waals surface area contributed by atoms with Crippen LogP contribution in [0.1, 0.15) is 10.4 Å². The summed E-state index contributed by atoms with van der Waals surface area (Å²) < 4.78 is 0. The zero-order chi connectivity index (χ0) is 13.0. The molecule has 1 rings (SSSR count). The van der Waals surface area contributed by atoms with Crippen molar-refractivity contribution in [2.45, 2.75) is 0 Å². The summed E-state index contributed by atoms with van der Waals surface area (Å²) in [5, 5.41) is 0.609. The van der Waals surface area contributed by atoms with Crippen molar-refractivity contribution < 1.29 is 4.79 Å². The van der Waals surface area contributed by atoms with E-state index in [1.807, 2.05) is 6.26 Å². The number of nitrogens with zero attached hydrogens (tertiary/aromatic N) is 1. The van der Waals surface area contributed by atoms with Crippen molar-refractivity contribution in [3.63, 3.8) is 0 Å². The van der Waals surface area contributed by atoms with Gasteiger partial charge in [0.05, 0.1) is 15.7 Å². The Labute approximate surface area is 115 Å². The molecular formula is C11H14Cl2N2OS. The second kappa shape index (κ2) is 6.38. The highest BCUT2D eigenvalue weighted by atomic mass is 35.5. The van der Waals surface area contributed by atoms with Crippen molar-refractivity contribution in [1.82, 2.24) is 4.90 Å². The van der Waals surface area contributed by atoms with Gasteiger partial charge in [0, 0.05) is 24.9 Å². The molecule has 17 heavy (non-hydrogen) atoms. The van der Waals surface area contributed by atoms with Crippen molar-refractivity contribution in [3.05, 3.63) is 27.7 Å². The van der Waals surface area contributed by atoms with Crippen LogP contribution in [0.4, 0.5) is 5.69 Å². The minimum Gasteiger partial charge on any atom is -0.396 e. The molecule has 6 heteroatoms. The number of hydrogen-bond acceptors (Lipinski definition) is 3. The highest BCUT2D eigenvalue weighted by Crippen LogP contribution is 2.29. The van der Waals surface area contributed by atoms with Crippen LogP contribution in [0.3, 0.4) is 0 Å². The van der Waals surface area contributed by atoms with Crippen LogP contribution in [0, 0.1) is 0 Å². The third-order valence-corrected chi connectivity index (χ3v) is 3.52. The quantitative estimate of drug-likeness (QED) is 0.868. The average molecular weight is 293 g/mol. The molecule has 0 heterocycles. The molecule has 0 fully saturated rings. The Bertz CT molecular complexity index is 403. The summed E-state index contributed by atoms with van der Waals surface area (Å²) in [7, 11) is 1.75. The van der Waals surface area contributed by atoms with Gasteiger partial charge >= 0.3 is 0 Å². The van der Waals surface area contributed by atoms with Crippen LogP contribution in [0.5, 0.6) is 0 Å². The number of nitrogen functional groups attached to an aromatic ring is 1. The number of benzene rings is 1.